The van der Waals surface area contributed by atoms with Crippen molar-refractivity contribution >= 4 is 6.08 Å². The van der Waals surface area contributed by atoms with Crippen LogP contribution in [0.4, 0.5) is 0 Å². The summed E-state index contributed by atoms with van der Waals surface area (Å²) in [7, 11) is 3.16. The number of unbranched alkanes of at least 4 members (excludes halogenated alkanes) is 1. The average Bonchev–Trinajstić information content (AvgIpc) is 2.44. The van der Waals surface area contributed by atoms with Crippen molar-refractivity contribution in [3.8, 4) is 11.5 Å². The fourth-order valence-corrected chi connectivity index (χ4v) is 1.94. The summed E-state index contributed by atoms with van der Waals surface area (Å²) in [5.41, 5.74) is 1.77. The Bertz CT molecular complexity index is 509. The molecule has 0 atom stereocenters. The number of hydrogen-bond donors (Lipinski definition) is 0. The number of rotatable bonds is 7. The quantitative estimate of drug-likeness (QED) is 0.564. The number of hydrogen-bond acceptors (Lipinski definition) is 4. The van der Waals surface area contributed by atoms with E-state index in [1.807, 2.05) is 6.07 Å². The second kappa shape index (κ2) is 7.53. The second-order valence-corrected chi connectivity index (χ2v) is 4.55. The topological polar surface area (TPSA) is 61.6 Å². The summed E-state index contributed by atoms with van der Waals surface area (Å²) in [6.07, 6.45) is 4.54. The molecule has 0 N–H and O–H groups in total. The number of aryl methyl sites for hydroxylation is 1. The molecule has 0 saturated carbocycles. The predicted molar refractivity (Wildman–Crippen MR) is 78.8 cm³/mol. The van der Waals surface area contributed by atoms with Gasteiger partial charge in [-0.15, -0.1) is 0 Å². The van der Waals surface area contributed by atoms with Gasteiger partial charge in [0.15, 0.2) is 0 Å². The van der Waals surface area contributed by atoms with Crippen LogP contribution in [-0.4, -0.2) is 19.1 Å². The number of nitro groups is 1. The van der Waals surface area contributed by atoms with Gasteiger partial charge in [0.2, 0.25) is 5.70 Å². The number of nitrogens with zero attached hydrogens (tertiary/aromatic N) is 1. The van der Waals surface area contributed by atoms with Crippen LogP contribution in [0.2, 0.25) is 0 Å². The summed E-state index contributed by atoms with van der Waals surface area (Å²) in [5.74, 6) is 1.36. The lowest BCUT2D eigenvalue weighted by Crippen LogP contribution is -1.98. The van der Waals surface area contributed by atoms with Crippen molar-refractivity contribution in [1.82, 2.24) is 0 Å². The van der Waals surface area contributed by atoms with E-state index in [2.05, 4.69) is 6.92 Å². The number of benzene rings is 1. The van der Waals surface area contributed by atoms with E-state index in [1.54, 1.807) is 20.3 Å². The van der Waals surface area contributed by atoms with Crippen molar-refractivity contribution in [2.24, 2.45) is 0 Å². The smallest absolute Gasteiger partial charge is 0.243 e. The molecule has 0 radical (unpaired) electrons. The molecule has 0 saturated heterocycles. The normalized spacial score (nSPS) is 11.3. The molecule has 110 valence electrons. The van der Waals surface area contributed by atoms with Crippen LogP contribution in [0.25, 0.3) is 6.08 Å². The zero-order valence-electron chi connectivity index (χ0n) is 12.4. The molecule has 0 aliphatic carbocycles. The second-order valence-electron chi connectivity index (χ2n) is 4.55. The molecule has 1 aromatic rings. The molecule has 0 aliphatic rings. The van der Waals surface area contributed by atoms with Gasteiger partial charge < -0.3 is 9.47 Å². The standard InChI is InChI=1S/C15H21NO4/c1-5-6-7-12-9-15(20-4)13(10-14(12)19-3)8-11(2)16(17)18/h8-10H,5-7H2,1-4H3/b11-8+. The average molecular weight is 279 g/mol. The van der Waals surface area contributed by atoms with Gasteiger partial charge in [-0.2, -0.15) is 0 Å². The molecule has 0 heterocycles. The van der Waals surface area contributed by atoms with Crippen LogP contribution in [0.5, 0.6) is 11.5 Å². The van der Waals surface area contributed by atoms with Crippen molar-refractivity contribution in [2.45, 2.75) is 33.1 Å². The number of ether oxygens (including phenoxy) is 2. The molecule has 5 nitrogen and oxygen atoms in total. The highest BCUT2D eigenvalue weighted by Crippen LogP contribution is 2.31. The lowest BCUT2D eigenvalue weighted by atomic mass is 10.0. The first kappa shape index (κ1) is 16.0. The number of allylic oxidation sites excluding steroid dienone is 1. The van der Waals surface area contributed by atoms with Crippen molar-refractivity contribution in [3.63, 3.8) is 0 Å². The molecule has 0 spiro atoms. The molecular formula is C15H21NO4. The molecule has 0 bridgehead atoms. The molecule has 0 fully saturated rings. The third-order valence-electron chi connectivity index (χ3n) is 3.08. The fourth-order valence-electron chi connectivity index (χ4n) is 1.94. The fraction of sp³-hybridized carbons (Fsp3) is 0.467. The van der Waals surface area contributed by atoms with Gasteiger partial charge in [0.1, 0.15) is 11.5 Å². The van der Waals surface area contributed by atoms with E-state index >= 15 is 0 Å². The molecule has 0 amide bonds. The van der Waals surface area contributed by atoms with E-state index in [9.17, 15) is 10.1 Å². The Kier molecular flexibility index (Phi) is 6.03. The molecule has 5 heteroatoms. The minimum Gasteiger partial charge on any atom is -0.496 e. The largest absolute Gasteiger partial charge is 0.496 e. The third-order valence-corrected chi connectivity index (χ3v) is 3.08. The Labute approximate surface area is 119 Å². The van der Waals surface area contributed by atoms with Gasteiger partial charge in [0.05, 0.1) is 19.1 Å². The van der Waals surface area contributed by atoms with Crippen LogP contribution in [-0.2, 0) is 6.42 Å². The highest BCUT2D eigenvalue weighted by atomic mass is 16.6. The molecule has 20 heavy (non-hydrogen) atoms. The van der Waals surface area contributed by atoms with E-state index < -0.39 is 4.92 Å². The molecule has 0 unspecified atom stereocenters. The van der Waals surface area contributed by atoms with Crippen LogP contribution in [0.15, 0.2) is 17.8 Å². The van der Waals surface area contributed by atoms with Crippen molar-refractivity contribution in [2.75, 3.05) is 14.2 Å². The monoisotopic (exact) mass is 279 g/mol. The van der Waals surface area contributed by atoms with E-state index in [1.165, 1.54) is 13.0 Å². The van der Waals surface area contributed by atoms with Gasteiger partial charge >= 0.3 is 0 Å². The van der Waals surface area contributed by atoms with Crippen molar-refractivity contribution in [3.05, 3.63) is 39.1 Å². The molecule has 0 aromatic heterocycles. The van der Waals surface area contributed by atoms with Gasteiger partial charge in [-0.25, -0.2) is 0 Å². The van der Waals surface area contributed by atoms with Gasteiger partial charge in [-0.1, -0.05) is 13.3 Å². The van der Waals surface area contributed by atoms with E-state index in [0.29, 0.717) is 11.3 Å². The third kappa shape index (κ3) is 3.98. The molecule has 1 rings (SSSR count). The van der Waals surface area contributed by atoms with Crippen LogP contribution in [0.1, 0.15) is 37.8 Å². The van der Waals surface area contributed by atoms with Crippen LogP contribution >= 0.6 is 0 Å². The SMILES string of the molecule is CCCCc1cc(OC)c(/C=C(\C)[N+](=O)[O-])cc1OC. The summed E-state index contributed by atoms with van der Waals surface area (Å²) in [6.45, 7) is 3.58. The van der Waals surface area contributed by atoms with E-state index in [0.717, 1.165) is 30.6 Å². The van der Waals surface area contributed by atoms with Crippen molar-refractivity contribution < 1.29 is 14.4 Å². The van der Waals surface area contributed by atoms with E-state index in [-0.39, 0.29) is 5.70 Å². The van der Waals surface area contributed by atoms with Crippen LogP contribution < -0.4 is 9.47 Å². The van der Waals surface area contributed by atoms with Gasteiger partial charge in [-0.05, 0) is 30.5 Å². The summed E-state index contributed by atoms with van der Waals surface area (Å²) < 4.78 is 10.7. The highest BCUT2D eigenvalue weighted by molar-refractivity contribution is 5.62. The summed E-state index contributed by atoms with van der Waals surface area (Å²) in [5, 5.41) is 10.7. The van der Waals surface area contributed by atoms with Crippen LogP contribution in [0, 0.1) is 10.1 Å². The maximum Gasteiger partial charge on any atom is 0.243 e. The number of methoxy groups -OCH3 is 2. The van der Waals surface area contributed by atoms with Gasteiger partial charge in [0, 0.05) is 18.6 Å². The Morgan fingerprint density at radius 2 is 1.95 bits per heavy atom. The Morgan fingerprint density at radius 1 is 1.30 bits per heavy atom. The van der Waals surface area contributed by atoms with Gasteiger partial charge in [-0.3, -0.25) is 10.1 Å². The maximum atomic E-state index is 10.7. The molecule has 1 aromatic carbocycles. The highest BCUT2D eigenvalue weighted by Gasteiger charge is 2.12. The summed E-state index contributed by atoms with van der Waals surface area (Å²) in [6, 6.07) is 3.68. The molecular weight excluding hydrogens is 258 g/mol. The summed E-state index contributed by atoms with van der Waals surface area (Å²) >= 11 is 0. The first-order valence-corrected chi connectivity index (χ1v) is 6.61. The Balaban J connectivity index is 3.25. The first-order chi connectivity index (χ1) is 9.53. The molecule has 0 aliphatic heterocycles. The zero-order valence-corrected chi connectivity index (χ0v) is 12.4. The lowest BCUT2D eigenvalue weighted by molar-refractivity contribution is -0.422. The minimum atomic E-state index is -0.420. The predicted octanol–water partition coefficient (Wildman–Crippen LogP) is 3.68. The first-order valence-electron chi connectivity index (χ1n) is 6.61. The van der Waals surface area contributed by atoms with E-state index in [4.69, 9.17) is 9.47 Å². The zero-order chi connectivity index (χ0) is 15.1. The minimum absolute atomic E-state index is 0.0617. The lowest BCUT2D eigenvalue weighted by Gasteiger charge is -2.13. The van der Waals surface area contributed by atoms with Gasteiger partial charge in [0.25, 0.3) is 0 Å². The van der Waals surface area contributed by atoms with Crippen molar-refractivity contribution in [1.29, 1.82) is 0 Å². The Morgan fingerprint density at radius 3 is 2.45 bits per heavy atom. The maximum absolute atomic E-state index is 10.7. The summed E-state index contributed by atoms with van der Waals surface area (Å²) in [4.78, 5) is 10.3. The Hall–Kier alpha value is -2.04. The van der Waals surface area contributed by atoms with Crippen LogP contribution in [0.3, 0.4) is 0 Å².